The van der Waals surface area contributed by atoms with E-state index in [1.165, 1.54) is 12.1 Å². The Kier molecular flexibility index (Phi) is 15.9. The van der Waals surface area contributed by atoms with Crippen LogP contribution in [0.25, 0.3) is 0 Å². The number of hydrogen-bond donors (Lipinski definition) is 4. The standard InChI is InChI=1S/C50H74F3NO12/c1-11-35(45(58)59)37-19-14-27(4)42(62-37)31(8)40(55)30(7)41(56)36(12-2)43-28(5)26-29(6)48(64-43)23-20-38(54-44(57)33-15-17-34(18-16-33)63-50(51,52)53)49(66-48)25-24-46(10,65-49)39-21-22-47(60,13-3)32(9)61-39/h15-18,20,23,27-32,35-40,42-43,55,60H,11-14,19,21-22,24-26H2,1-10H3,(H,54,57)(H,58,59)/t27-,28-,29+,30-,31-,32-,35+,36?,37+,38+,39+,40+,42+,43-,46-,47+,48-,49-/m0/s1. The van der Waals surface area contributed by atoms with Crippen molar-refractivity contribution in [2.75, 3.05) is 0 Å². The molecule has 0 saturated carbocycles. The molecule has 4 saturated heterocycles. The Balaban J connectivity index is 1.26. The van der Waals surface area contributed by atoms with Crippen LogP contribution in [0, 0.1) is 41.4 Å². The fourth-order valence-corrected chi connectivity index (χ4v) is 11.7. The van der Waals surface area contributed by atoms with E-state index < -0.39 is 113 Å². The van der Waals surface area contributed by atoms with E-state index >= 15 is 0 Å². The van der Waals surface area contributed by atoms with Crippen LogP contribution in [0.3, 0.4) is 0 Å². The maximum Gasteiger partial charge on any atom is 0.573 e. The topological polar surface area (TPSA) is 179 Å². The summed E-state index contributed by atoms with van der Waals surface area (Å²) in [5.41, 5.74) is -1.84. The summed E-state index contributed by atoms with van der Waals surface area (Å²) >= 11 is 0. The lowest BCUT2D eigenvalue weighted by molar-refractivity contribution is -0.397. The molecule has 5 aliphatic rings. The van der Waals surface area contributed by atoms with Crippen molar-refractivity contribution >= 4 is 17.7 Å². The third-order valence-electron chi connectivity index (χ3n) is 16.1. The first kappa shape index (κ1) is 52.3. The summed E-state index contributed by atoms with van der Waals surface area (Å²) in [7, 11) is 0. The van der Waals surface area contributed by atoms with Crippen LogP contribution in [-0.4, -0.2) is 105 Å². The smallest absolute Gasteiger partial charge is 0.481 e. The molecule has 372 valence electrons. The lowest BCUT2D eigenvalue weighted by Gasteiger charge is -2.55. The Morgan fingerprint density at radius 3 is 2.15 bits per heavy atom. The van der Waals surface area contributed by atoms with Gasteiger partial charge in [-0.1, -0.05) is 61.5 Å². The van der Waals surface area contributed by atoms with Crippen molar-refractivity contribution in [2.24, 2.45) is 41.4 Å². The number of amides is 1. The summed E-state index contributed by atoms with van der Waals surface area (Å²) in [4.78, 5) is 40.6. The number of hydrogen-bond acceptors (Lipinski definition) is 11. The molecular formula is C50H74F3NO12. The van der Waals surface area contributed by atoms with E-state index in [2.05, 4.69) is 10.1 Å². The number of carbonyl (C=O) groups is 3. The molecular weight excluding hydrogens is 864 g/mol. The van der Waals surface area contributed by atoms with Crippen molar-refractivity contribution in [1.29, 1.82) is 0 Å². The Labute approximate surface area is 387 Å². The van der Waals surface area contributed by atoms with E-state index in [1.54, 1.807) is 19.1 Å². The first-order chi connectivity index (χ1) is 30.8. The number of aliphatic hydroxyl groups excluding tert-OH is 1. The lowest BCUT2D eigenvalue weighted by atomic mass is 9.72. The number of alkyl halides is 3. The molecule has 4 fully saturated rings. The molecule has 1 aromatic carbocycles. The minimum Gasteiger partial charge on any atom is -0.481 e. The minimum atomic E-state index is -4.90. The number of carbonyl (C=O) groups excluding carboxylic acids is 2. The van der Waals surface area contributed by atoms with Crippen LogP contribution < -0.4 is 10.1 Å². The molecule has 0 bridgehead atoms. The highest BCUT2D eigenvalue weighted by Gasteiger charge is 2.63. The van der Waals surface area contributed by atoms with Gasteiger partial charge in [-0.15, -0.1) is 13.2 Å². The van der Waals surface area contributed by atoms with Crippen LogP contribution in [-0.2, 0) is 33.3 Å². The van der Waals surface area contributed by atoms with Crippen LogP contribution in [0.5, 0.6) is 5.75 Å². The fraction of sp³-hybridized carbons (Fsp3) is 0.780. The van der Waals surface area contributed by atoms with Crippen LogP contribution in [0.15, 0.2) is 36.4 Å². The maximum absolute atomic E-state index is 14.7. The number of benzene rings is 1. The summed E-state index contributed by atoms with van der Waals surface area (Å²) < 4.78 is 77.0. The summed E-state index contributed by atoms with van der Waals surface area (Å²) in [6, 6.07) is 3.71. The molecule has 1 amide bonds. The molecule has 5 aliphatic heterocycles. The number of aliphatic carboxylic acids is 1. The molecule has 13 nitrogen and oxygen atoms in total. The number of carboxylic acid groups (broad SMARTS) is 1. The molecule has 6 rings (SSSR count). The molecule has 0 radical (unpaired) electrons. The van der Waals surface area contributed by atoms with Gasteiger partial charge < -0.3 is 49.1 Å². The largest absolute Gasteiger partial charge is 0.573 e. The zero-order valence-electron chi connectivity index (χ0n) is 40.3. The van der Waals surface area contributed by atoms with Crippen molar-refractivity contribution in [1.82, 2.24) is 5.32 Å². The first-order valence-electron chi connectivity index (χ1n) is 24.3. The molecule has 1 aromatic rings. The Bertz CT molecular complexity index is 1900. The zero-order valence-corrected chi connectivity index (χ0v) is 40.3. The number of nitrogens with one attached hydrogen (secondary N) is 1. The second-order valence-corrected chi connectivity index (χ2v) is 20.5. The molecule has 16 heteroatoms. The predicted molar refractivity (Wildman–Crippen MR) is 237 cm³/mol. The third-order valence-corrected chi connectivity index (χ3v) is 16.1. The highest BCUT2D eigenvalue weighted by atomic mass is 19.4. The van der Waals surface area contributed by atoms with Crippen molar-refractivity contribution < 1.29 is 71.3 Å². The van der Waals surface area contributed by atoms with Gasteiger partial charge in [0.15, 0.2) is 11.6 Å². The van der Waals surface area contributed by atoms with Gasteiger partial charge in [-0.2, -0.15) is 0 Å². The van der Waals surface area contributed by atoms with Crippen molar-refractivity contribution in [3.63, 3.8) is 0 Å². The molecule has 66 heavy (non-hydrogen) atoms. The van der Waals surface area contributed by atoms with Gasteiger partial charge in [0.2, 0.25) is 0 Å². The van der Waals surface area contributed by atoms with Gasteiger partial charge >= 0.3 is 12.3 Å². The van der Waals surface area contributed by atoms with E-state index in [-0.39, 0.29) is 35.5 Å². The number of ether oxygens (including phenoxy) is 6. The average Bonchev–Trinajstić information content (AvgIpc) is 3.60. The van der Waals surface area contributed by atoms with E-state index in [0.29, 0.717) is 51.4 Å². The van der Waals surface area contributed by atoms with Crippen molar-refractivity contribution in [3.8, 4) is 5.75 Å². The Morgan fingerprint density at radius 1 is 0.894 bits per heavy atom. The van der Waals surface area contributed by atoms with Crippen LogP contribution >= 0.6 is 0 Å². The zero-order chi connectivity index (χ0) is 48.7. The van der Waals surface area contributed by atoms with Gasteiger partial charge in [-0.25, -0.2) is 0 Å². The SMILES string of the molecule is CCC(C(=O)[C@@H](C)[C@@H](O)[C@H](C)[C@@H]1O[C@@H]([C@@H](CC)C(=O)O)CC[C@@H]1C)[C@H]1O[C@]2(C=C[C@@H](NC(=O)c3ccc(OC(F)(F)F)cc3)[C@]3(CC[C@@](C)([C@H]4CC[C@](O)(CC)[C@H](C)O4)O3)O2)[C@H](C)C[C@@H]1C. The van der Waals surface area contributed by atoms with Gasteiger partial charge in [0.25, 0.3) is 5.91 Å². The monoisotopic (exact) mass is 938 g/mol. The highest BCUT2D eigenvalue weighted by Crippen LogP contribution is 2.54. The number of rotatable bonds is 15. The maximum atomic E-state index is 14.7. The quantitative estimate of drug-likeness (QED) is 0.123. The van der Waals surface area contributed by atoms with Crippen LogP contribution in [0.1, 0.15) is 144 Å². The van der Waals surface area contributed by atoms with Crippen molar-refractivity contribution in [3.05, 3.63) is 42.0 Å². The molecule has 2 spiro atoms. The highest BCUT2D eigenvalue weighted by molar-refractivity contribution is 5.94. The summed E-state index contributed by atoms with van der Waals surface area (Å²) in [5.74, 6) is -7.98. The molecule has 0 aromatic heterocycles. The lowest BCUT2D eigenvalue weighted by Crippen LogP contribution is -2.65. The number of Topliss-reactive ketones (excluding diaryl/α,β-unsaturated/α-hetero) is 1. The van der Waals surface area contributed by atoms with E-state index in [9.17, 15) is 42.9 Å². The predicted octanol–water partition coefficient (Wildman–Crippen LogP) is 8.52. The molecule has 5 heterocycles. The van der Waals surface area contributed by atoms with E-state index in [0.717, 1.165) is 18.6 Å². The molecule has 4 N–H and O–H groups in total. The van der Waals surface area contributed by atoms with E-state index in [1.807, 2.05) is 62.3 Å². The second-order valence-electron chi connectivity index (χ2n) is 20.5. The van der Waals surface area contributed by atoms with Gasteiger partial charge in [0.1, 0.15) is 17.6 Å². The summed E-state index contributed by atoms with van der Waals surface area (Å²) in [6.45, 7) is 19.1. The minimum absolute atomic E-state index is 0.0476. The number of aliphatic hydroxyl groups is 2. The second kappa shape index (κ2) is 20.1. The summed E-state index contributed by atoms with van der Waals surface area (Å²) in [5, 5.41) is 36.0. The number of halogens is 3. The van der Waals surface area contributed by atoms with Crippen molar-refractivity contribution in [2.45, 2.75) is 205 Å². The van der Waals surface area contributed by atoms with Crippen LogP contribution in [0.2, 0.25) is 0 Å². The van der Waals surface area contributed by atoms with Gasteiger partial charge in [0, 0.05) is 35.7 Å². The average molecular weight is 938 g/mol. The molecule has 18 atom stereocenters. The van der Waals surface area contributed by atoms with Gasteiger partial charge in [0.05, 0.1) is 53.7 Å². The summed E-state index contributed by atoms with van der Waals surface area (Å²) in [6.07, 6.45) is 0.126. The Hall–Kier alpha value is -3.12. The Morgan fingerprint density at radius 2 is 1.56 bits per heavy atom. The van der Waals surface area contributed by atoms with E-state index in [4.69, 9.17) is 23.7 Å². The fourth-order valence-electron chi connectivity index (χ4n) is 11.7. The third kappa shape index (κ3) is 10.5. The normalized spacial score (nSPS) is 39.5. The molecule has 0 aliphatic carbocycles. The number of carboxylic acids is 1. The first-order valence-corrected chi connectivity index (χ1v) is 24.3. The molecule has 1 unspecified atom stereocenters. The number of ketones is 1. The van der Waals surface area contributed by atoms with Gasteiger partial charge in [-0.05, 0) is 114 Å². The van der Waals surface area contributed by atoms with Crippen LogP contribution in [0.4, 0.5) is 13.2 Å². The van der Waals surface area contributed by atoms with Gasteiger partial charge in [-0.3, -0.25) is 14.4 Å².